The second kappa shape index (κ2) is 3.82. The van der Waals surface area contributed by atoms with Crippen LogP contribution >= 0.6 is 0 Å². The zero-order chi connectivity index (χ0) is 5.21. The Morgan fingerprint density at radius 2 is 1.86 bits per heavy atom. The van der Waals surface area contributed by atoms with E-state index >= 15 is 0 Å². The fourth-order valence-corrected chi connectivity index (χ4v) is 0. The van der Waals surface area contributed by atoms with Crippen molar-refractivity contribution in [3.8, 4) is 0 Å². The zero-order valence-electron chi connectivity index (χ0n) is 5.08. The van der Waals surface area contributed by atoms with Gasteiger partial charge >= 0.3 is 40.0 Å². The first-order valence-corrected chi connectivity index (χ1v) is 2.46. The Bertz CT molecular complexity index is 118. The van der Waals surface area contributed by atoms with Gasteiger partial charge in [0.25, 0.3) is 0 Å². The molecule has 0 atom stereocenters. The molecule has 0 aromatic carbocycles. The third kappa shape index (κ3) is 10.9. The summed E-state index contributed by atoms with van der Waals surface area (Å²) in [5.41, 5.74) is 0. The third-order valence-electron chi connectivity index (χ3n) is 0.211. The summed E-state index contributed by atoms with van der Waals surface area (Å²) < 4.78 is 29.7. The summed E-state index contributed by atoms with van der Waals surface area (Å²) in [5, 5.41) is 0. The van der Waals surface area contributed by atoms with Crippen LogP contribution in [-0.2, 0) is 14.6 Å². The van der Waals surface area contributed by atoms with Gasteiger partial charge in [0.2, 0.25) is 0 Å². The van der Waals surface area contributed by atoms with E-state index in [0.717, 1.165) is 7.11 Å². The minimum absolute atomic E-state index is 0. The van der Waals surface area contributed by atoms with E-state index in [4.69, 9.17) is 4.55 Å². The first kappa shape index (κ1) is 10.8. The van der Waals surface area contributed by atoms with E-state index in [1.54, 1.807) is 0 Å². The quantitative estimate of drug-likeness (QED) is 0.301. The topological polar surface area (TPSA) is 63.6 Å². The van der Waals surface area contributed by atoms with Crippen LogP contribution in [-0.4, -0.2) is 20.1 Å². The minimum atomic E-state index is -4.16. The zero-order valence-corrected chi connectivity index (χ0v) is 6.90. The van der Waals surface area contributed by atoms with Gasteiger partial charge in [-0.05, 0) is 0 Å². The molecular weight excluding hydrogens is 131 g/mol. The van der Waals surface area contributed by atoms with Crippen LogP contribution in [0.1, 0.15) is 1.43 Å². The number of rotatable bonds is 1. The average molecular weight is 136 g/mol. The summed E-state index contributed by atoms with van der Waals surface area (Å²) in [5.74, 6) is 0. The van der Waals surface area contributed by atoms with Gasteiger partial charge in [0.15, 0.2) is 0 Å². The summed E-state index contributed by atoms with van der Waals surface area (Å²) >= 11 is 0. The predicted octanol–water partition coefficient (Wildman–Crippen LogP) is -3.45. The molecule has 0 bridgehead atoms. The van der Waals surface area contributed by atoms with E-state index in [9.17, 15) is 8.42 Å². The molecule has 0 unspecified atom stereocenters. The molecule has 0 amide bonds. The van der Waals surface area contributed by atoms with E-state index in [1.165, 1.54) is 0 Å². The normalized spacial score (nSPS) is 10.0. The van der Waals surface area contributed by atoms with Crippen LogP contribution in [0.15, 0.2) is 0 Å². The summed E-state index contributed by atoms with van der Waals surface area (Å²) in [6, 6.07) is 0. The van der Waals surface area contributed by atoms with Gasteiger partial charge in [-0.3, -0.25) is 8.74 Å². The fourth-order valence-electron chi connectivity index (χ4n) is 0. The molecule has 0 aliphatic rings. The monoisotopic (exact) mass is 136 g/mol. The third-order valence-corrected chi connectivity index (χ3v) is 0.632. The SMILES string of the molecule is COS(=O)(=O)O.[H-].[Na+]. The Balaban J connectivity index is -0.000000125. The molecule has 0 heterocycles. The van der Waals surface area contributed by atoms with Crippen molar-refractivity contribution in [2.75, 3.05) is 7.11 Å². The molecule has 0 spiro atoms. The van der Waals surface area contributed by atoms with Crippen molar-refractivity contribution in [2.45, 2.75) is 0 Å². The van der Waals surface area contributed by atoms with Gasteiger partial charge in [0.05, 0.1) is 7.11 Å². The van der Waals surface area contributed by atoms with Crippen molar-refractivity contribution < 1.29 is 48.1 Å². The molecule has 1 N–H and O–H groups in total. The Hall–Kier alpha value is 0.870. The Kier molecular flexibility index (Phi) is 5.89. The molecule has 0 radical (unpaired) electrons. The Labute approximate surface area is 65.6 Å². The largest absolute Gasteiger partial charge is 1.00 e. The fraction of sp³-hybridized carbons (Fsp3) is 1.00. The molecule has 0 rings (SSSR count). The Morgan fingerprint density at radius 1 is 1.71 bits per heavy atom. The van der Waals surface area contributed by atoms with Crippen LogP contribution in [0.25, 0.3) is 0 Å². The maximum absolute atomic E-state index is 9.33. The maximum Gasteiger partial charge on any atom is 1.00 e. The molecule has 0 aliphatic heterocycles. The summed E-state index contributed by atoms with van der Waals surface area (Å²) in [7, 11) is -3.29. The number of hydrogen-bond acceptors (Lipinski definition) is 3. The molecule has 0 aliphatic carbocycles. The first-order valence-electron chi connectivity index (χ1n) is 1.09. The van der Waals surface area contributed by atoms with Crippen LogP contribution in [0.5, 0.6) is 0 Å². The molecule has 40 valence electrons. The Morgan fingerprint density at radius 3 is 1.86 bits per heavy atom. The molecule has 0 aromatic rings. The van der Waals surface area contributed by atoms with Crippen LogP contribution in [0.2, 0.25) is 0 Å². The van der Waals surface area contributed by atoms with Crippen molar-refractivity contribution in [1.82, 2.24) is 0 Å². The van der Waals surface area contributed by atoms with Gasteiger partial charge in [0, 0.05) is 0 Å². The van der Waals surface area contributed by atoms with Crippen molar-refractivity contribution in [3.05, 3.63) is 0 Å². The molecular formula is CH5NaO4S. The van der Waals surface area contributed by atoms with Gasteiger partial charge in [0.1, 0.15) is 0 Å². The van der Waals surface area contributed by atoms with Gasteiger partial charge in [-0.2, -0.15) is 8.42 Å². The molecule has 4 nitrogen and oxygen atoms in total. The van der Waals surface area contributed by atoms with Gasteiger partial charge in [-0.15, -0.1) is 0 Å². The van der Waals surface area contributed by atoms with Crippen molar-refractivity contribution in [3.63, 3.8) is 0 Å². The maximum atomic E-state index is 9.33. The standard InChI is InChI=1S/CH4O4S.Na.H/c1-5-6(2,3)4;;/h1H3,(H,2,3,4);;/q;+1;-1. The second-order valence-electron chi connectivity index (χ2n) is 0.594. The molecule has 0 aromatic heterocycles. The summed E-state index contributed by atoms with van der Waals surface area (Å²) in [6.45, 7) is 0. The van der Waals surface area contributed by atoms with Crippen LogP contribution in [0.4, 0.5) is 0 Å². The van der Waals surface area contributed by atoms with E-state index in [2.05, 4.69) is 4.18 Å². The molecule has 7 heavy (non-hydrogen) atoms. The predicted molar refractivity (Wildman–Crippen MR) is 19.7 cm³/mol. The summed E-state index contributed by atoms with van der Waals surface area (Å²) in [4.78, 5) is 0. The minimum Gasteiger partial charge on any atom is -1.00 e. The molecule has 0 saturated carbocycles. The van der Waals surface area contributed by atoms with E-state index in [0.29, 0.717) is 0 Å². The van der Waals surface area contributed by atoms with E-state index in [-0.39, 0.29) is 31.0 Å². The smallest absolute Gasteiger partial charge is 1.00 e. The van der Waals surface area contributed by atoms with Crippen LogP contribution in [0.3, 0.4) is 0 Å². The van der Waals surface area contributed by atoms with Crippen LogP contribution in [0, 0.1) is 0 Å². The van der Waals surface area contributed by atoms with Crippen molar-refractivity contribution in [1.29, 1.82) is 0 Å². The van der Waals surface area contributed by atoms with Crippen molar-refractivity contribution in [2.24, 2.45) is 0 Å². The van der Waals surface area contributed by atoms with E-state index < -0.39 is 10.4 Å². The molecule has 0 saturated heterocycles. The van der Waals surface area contributed by atoms with Crippen LogP contribution < -0.4 is 29.6 Å². The summed E-state index contributed by atoms with van der Waals surface area (Å²) in [6.07, 6.45) is 0. The van der Waals surface area contributed by atoms with Gasteiger partial charge in [-0.1, -0.05) is 0 Å². The molecule has 0 fully saturated rings. The number of hydrogen-bond donors (Lipinski definition) is 1. The second-order valence-corrected chi connectivity index (χ2v) is 1.78. The van der Waals surface area contributed by atoms with Gasteiger partial charge < -0.3 is 1.43 Å². The van der Waals surface area contributed by atoms with Crippen molar-refractivity contribution >= 4 is 10.4 Å². The van der Waals surface area contributed by atoms with Gasteiger partial charge in [-0.25, -0.2) is 0 Å². The first-order chi connectivity index (χ1) is 2.56. The molecule has 6 heteroatoms. The van der Waals surface area contributed by atoms with E-state index in [1.807, 2.05) is 0 Å². The average Bonchev–Trinajstić information content (AvgIpc) is 1.35.